The Hall–Kier alpha value is -3.51. The van der Waals surface area contributed by atoms with Gasteiger partial charge in [0.15, 0.2) is 6.61 Å². The van der Waals surface area contributed by atoms with E-state index < -0.39 is 0 Å². The van der Waals surface area contributed by atoms with Crippen molar-refractivity contribution in [1.29, 1.82) is 0 Å². The van der Waals surface area contributed by atoms with E-state index in [1.807, 2.05) is 36.4 Å². The number of carbonyl (C=O) groups excluding carboxylic acids is 1. The first-order valence-corrected chi connectivity index (χ1v) is 10.5. The van der Waals surface area contributed by atoms with E-state index in [9.17, 15) is 4.79 Å². The summed E-state index contributed by atoms with van der Waals surface area (Å²) in [4.78, 5) is 19.4. The number of nitrogens with one attached hydrogen (secondary N) is 1. The van der Waals surface area contributed by atoms with Gasteiger partial charge in [0.1, 0.15) is 11.6 Å². The average Bonchev–Trinajstić information content (AvgIpc) is 3.17. The number of benzene rings is 3. The smallest absolute Gasteiger partial charge is 0.262 e. The molecule has 3 aromatic carbocycles. The predicted molar refractivity (Wildman–Crippen MR) is 123 cm³/mol. The lowest BCUT2D eigenvalue weighted by Crippen LogP contribution is -2.33. The van der Waals surface area contributed by atoms with E-state index in [1.54, 1.807) is 24.3 Å². The van der Waals surface area contributed by atoms with Crippen LogP contribution in [-0.4, -0.2) is 28.6 Å². The molecular formula is C24H21ClN4O2. The summed E-state index contributed by atoms with van der Waals surface area (Å²) in [7, 11) is 0. The molecule has 0 fully saturated rings. The van der Waals surface area contributed by atoms with Gasteiger partial charge in [-0.2, -0.15) is 0 Å². The van der Waals surface area contributed by atoms with Crippen molar-refractivity contribution in [3.63, 3.8) is 0 Å². The second kappa shape index (κ2) is 8.32. The molecule has 0 saturated carbocycles. The minimum absolute atomic E-state index is 0.0698. The van der Waals surface area contributed by atoms with Crippen LogP contribution < -0.4 is 15.0 Å². The van der Waals surface area contributed by atoms with Gasteiger partial charge in [0.05, 0.1) is 17.6 Å². The van der Waals surface area contributed by atoms with Crippen LogP contribution in [0.2, 0.25) is 5.02 Å². The van der Waals surface area contributed by atoms with E-state index in [4.69, 9.17) is 21.3 Å². The van der Waals surface area contributed by atoms with E-state index >= 15 is 0 Å². The number of hydrogen-bond acceptors (Lipinski definition) is 4. The summed E-state index contributed by atoms with van der Waals surface area (Å²) in [6, 6.07) is 23.0. The van der Waals surface area contributed by atoms with Crippen molar-refractivity contribution < 1.29 is 9.53 Å². The predicted octanol–water partition coefficient (Wildman–Crippen LogP) is 4.73. The van der Waals surface area contributed by atoms with Crippen molar-refractivity contribution in [3.8, 4) is 5.75 Å². The van der Waals surface area contributed by atoms with Gasteiger partial charge in [-0.05, 0) is 54.6 Å². The first kappa shape index (κ1) is 19.5. The van der Waals surface area contributed by atoms with Crippen LogP contribution in [0.3, 0.4) is 0 Å². The Bertz CT molecular complexity index is 1240. The summed E-state index contributed by atoms with van der Waals surface area (Å²) in [5.41, 5.74) is 4.00. The molecule has 1 aliphatic heterocycles. The summed E-state index contributed by atoms with van der Waals surface area (Å²) >= 11 is 5.87. The summed E-state index contributed by atoms with van der Waals surface area (Å²) in [5, 5.41) is 3.53. The second-order valence-electron chi connectivity index (χ2n) is 7.43. The third-order valence-corrected chi connectivity index (χ3v) is 5.59. The summed E-state index contributed by atoms with van der Waals surface area (Å²) in [6.45, 7) is 2.41. The topological polar surface area (TPSA) is 59.4 Å². The fourth-order valence-corrected chi connectivity index (χ4v) is 3.97. The number of anilines is 2. The molecule has 1 amide bonds. The fraction of sp³-hybridized carbons (Fsp3) is 0.167. The molecule has 1 aliphatic rings. The quantitative estimate of drug-likeness (QED) is 0.495. The van der Waals surface area contributed by atoms with Crippen LogP contribution in [0.4, 0.5) is 11.4 Å². The Labute approximate surface area is 185 Å². The Balaban J connectivity index is 1.25. The summed E-state index contributed by atoms with van der Waals surface area (Å²) < 4.78 is 7.80. The third-order valence-electron chi connectivity index (χ3n) is 5.34. The molecule has 0 atom stereocenters. The highest BCUT2D eigenvalue weighted by atomic mass is 35.5. The van der Waals surface area contributed by atoms with Gasteiger partial charge in [-0.3, -0.25) is 4.79 Å². The monoisotopic (exact) mass is 432 g/mol. The third kappa shape index (κ3) is 4.20. The molecule has 0 radical (unpaired) electrons. The van der Waals surface area contributed by atoms with Crippen molar-refractivity contribution in [2.24, 2.45) is 0 Å². The van der Waals surface area contributed by atoms with E-state index in [1.165, 1.54) is 5.52 Å². The van der Waals surface area contributed by atoms with Crippen molar-refractivity contribution in [2.45, 2.75) is 13.1 Å². The molecule has 2 heterocycles. The first-order valence-electron chi connectivity index (χ1n) is 10.1. The lowest BCUT2D eigenvalue weighted by Gasteiger charge is -2.30. The lowest BCUT2D eigenvalue weighted by atomic mass is 10.2. The van der Waals surface area contributed by atoms with E-state index in [0.29, 0.717) is 10.8 Å². The lowest BCUT2D eigenvalue weighted by molar-refractivity contribution is -0.118. The number of amides is 1. The standard InChI is InChI=1S/C24H21ClN4O2/c25-17-8-10-20(11-9-17)31-16-24(30)26-18-4-3-5-19(14-18)28-12-13-29-22-7-2-1-6-21(22)27-23(29)15-28/h1-11,14H,12-13,15-16H2,(H,26,30). The Morgan fingerprint density at radius 3 is 2.74 bits per heavy atom. The van der Waals surface area contributed by atoms with E-state index in [2.05, 4.69) is 26.9 Å². The SMILES string of the molecule is O=C(COc1ccc(Cl)cc1)Nc1cccc(N2CCn3c(nc4ccccc43)C2)c1. The van der Waals surface area contributed by atoms with Gasteiger partial charge < -0.3 is 19.5 Å². The molecule has 5 rings (SSSR count). The van der Waals surface area contributed by atoms with E-state index in [0.717, 1.165) is 42.4 Å². The molecule has 1 aromatic heterocycles. The zero-order valence-electron chi connectivity index (χ0n) is 16.8. The maximum Gasteiger partial charge on any atom is 0.262 e. The molecule has 0 bridgehead atoms. The van der Waals surface area contributed by atoms with Crippen LogP contribution in [0, 0.1) is 0 Å². The van der Waals surface area contributed by atoms with Crippen molar-refractivity contribution in [3.05, 3.63) is 83.6 Å². The van der Waals surface area contributed by atoms with Crippen molar-refractivity contribution in [2.75, 3.05) is 23.4 Å². The van der Waals surface area contributed by atoms with Gasteiger partial charge in [-0.15, -0.1) is 0 Å². The molecule has 1 N–H and O–H groups in total. The van der Waals surface area contributed by atoms with Gasteiger partial charge in [-0.25, -0.2) is 4.98 Å². The number of fused-ring (bicyclic) bond motifs is 3. The van der Waals surface area contributed by atoms with Crippen LogP contribution >= 0.6 is 11.6 Å². The molecule has 0 spiro atoms. The Kier molecular flexibility index (Phi) is 5.22. The molecule has 156 valence electrons. The van der Waals surface area contributed by atoms with Gasteiger partial charge >= 0.3 is 0 Å². The molecule has 4 aromatic rings. The zero-order chi connectivity index (χ0) is 21.2. The molecule has 7 heteroatoms. The normalized spacial score (nSPS) is 13.1. The number of para-hydroxylation sites is 2. The van der Waals surface area contributed by atoms with Gasteiger partial charge in [0, 0.05) is 29.5 Å². The van der Waals surface area contributed by atoms with Crippen LogP contribution in [0.25, 0.3) is 11.0 Å². The first-order chi connectivity index (χ1) is 15.2. The molecule has 0 aliphatic carbocycles. The highest BCUT2D eigenvalue weighted by Gasteiger charge is 2.20. The van der Waals surface area contributed by atoms with Gasteiger partial charge in [-0.1, -0.05) is 29.8 Å². The largest absolute Gasteiger partial charge is 0.484 e. The van der Waals surface area contributed by atoms with Crippen LogP contribution in [0.1, 0.15) is 5.82 Å². The maximum atomic E-state index is 12.3. The van der Waals surface area contributed by atoms with Crippen LogP contribution in [0.15, 0.2) is 72.8 Å². The second-order valence-corrected chi connectivity index (χ2v) is 7.87. The number of aromatic nitrogens is 2. The van der Waals surface area contributed by atoms with Gasteiger partial charge in [0.25, 0.3) is 5.91 Å². The Morgan fingerprint density at radius 1 is 1.03 bits per heavy atom. The number of hydrogen-bond donors (Lipinski definition) is 1. The molecule has 31 heavy (non-hydrogen) atoms. The van der Waals surface area contributed by atoms with Crippen LogP contribution in [-0.2, 0) is 17.9 Å². The zero-order valence-corrected chi connectivity index (χ0v) is 17.5. The number of imidazole rings is 1. The van der Waals surface area contributed by atoms with Crippen molar-refractivity contribution in [1.82, 2.24) is 9.55 Å². The number of nitrogens with zero attached hydrogens (tertiary/aromatic N) is 3. The molecule has 0 unspecified atom stereocenters. The number of halogens is 1. The van der Waals surface area contributed by atoms with Gasteiger partial charge in [0.2, 0.25) is 0 Å². The highest BCUT2D eigenvalue weighted by molar-refractivity contribution is 6.30. The van der Waals surface area contributed by atoms with Crippen molar-refractivity contribution >= 4 is 39.9 Å². The summed E-state index contributed by atoms with van der Waals surface area (Å²) in [6.07, 6.45) is 0. The Morgan fingerprint density at radius 2 is 1.87 bits per heavy atom. The number of ether oxygens (including phenoxy) is 1. The minimum atomic E-state index is -0.215. The highest BCUT2D eigenvalue weighted by Crippen LogP contribution is 2.26. The number of carbonyl (C=O) groups is 1. The minimum Gasteiger partial charge on any atom is -0.484 e. The van der Waals surface area contributed by atoms with Crippen LogP contribution in [0.5, 0.6) is 5.75 Å². The van der Waals surface area contributed by atoms with E-state index in [-0.39, 0.29) is 12.5 Å². The molecular weight excluding hydrogens is 412 g/mol. The molecule has 0 saturated heterocycles. The maximum absolute atomic E-state index is 12.3. The molecule has 6 nitrogen and oxygen atoms in total. The average molecular weight is 433 g/mol. The number of rotatable bonds is 5. The fourth-order valence-electron chi connectivity index (χ4n) is 3.84. The summed E-state index contributed by atoms with van der Waals surface area (Å²) in [5.74, 6) is 1.44.